The highest BCUT2D eigenvalue weighted by molar-refractivity contribution is 7.16. The molecule has 0 saturated heterocycles. The lowest BCUT2D eigenvalue weighted by atomic mass is 10.2. The molecule has 2 heterocycles. The van der Waals surface area contributed by atoms with Crippen LogP contribution in [0.25, 0.3) is 16.5 Å². The van der Waals surface area contributed by atoms with Crippen LogP contribution in [0, 0.1) is 5.82 Å². The van der Waals surface area contributed by atoms with Gasteiger partial charge in [-0.1, -0.05) is 18.2 Å². The van der Waals surface area contributed by atoms with E-state index in [-0.39, 0.29) is 11.7 Å². The third-order valence-electron chi connectivity index (χ3n) is 4.37. The number of rotatable bonds is 9. The van der Waals surface area contributed by atoms with Gasteiger partial charge in [0, 0.05) is 60.6 Å². The monoisotopic (exact) mass is 410 g/mol. The molecule has 0 spiro atoms. The Morgan fingerprint density at radius 3 is 2.72 bits per heavy atom. The number of carbonyl (C=O) groups is 1. The molecular formula is C23H23FN2O2S. The molecule has 4 nitrogen and oxygen atoms in total. The number of ether oxygens (including phenoxy) is 1. The second-order valence-electron chi connectivity index (χ2n) is 6.48. The van der Waals surface area contributed by atoms with Crippen molar-refractivity contribution in [1.82, 2.24) is 9.88 Å². The molecule has 0 atom stereocenters. The van der Waals surface area contributed by atoms with E-state index in [0.29, 0.717) is 25.3 Å². The van der Waals surface area contributed by atoms with Gasteiger partial charge in [0.15, 0.2) is 0 Å². The molecule has 0 saturated carbocycles. The van der Waals surface area contributed by atoms with Crippen LogP contribution in [0.1, 0.15) is 16.9 Å². The summed E-state index contributed by atoms with van der Waals surface area (Å²) in [6, 6.07) is 14.3. The first-order valence-electron chi connectivity index (χ1n) is 9.37. The van der Waals surface area contributed by atoms with Crippen molar-refractivity contribution in [3.8, 4) is 10.4 Å². The Labute approximate surface area is 174 Å². The third kappa shape index (κ3) is 6.07. The van der Waals surface area contributed by atoms with Gasteiger partial charge in [-0.15, -0.1) is 11.3 Å². The Balaban J connectivity index is 1.69. The van der Waals surface area contributed by atoms with E-state index < -0.39 is 0 Å². The molecule has 0 aliphatic carbocycles. The molecule has 0 bridgehead atoms. The number of hydrogen-bond acceptors (Lipinski definition) is 4. The topological polar surface area (TPSA) is 42.4 Å². The molecule has 1 aromatic carbocycles. The van der Waals surface area contributed by atoms with Crippen LogP contribution in [0.2, 0.25) is 0 Å². The summed E-state index contributed by atoms with van der Waals surface area (Å²) < 4.78 is 19.1. The molecule has 3 aromatic rings. The number of carbonyl (C=O) groups excluding carboxylic acids is 1. The molecule has 0 aliphatic heterocycles. The average Bonchev–Trinajstić information content (AvgIpc) is 3.21. The number of halogens is 1. The minimum Gasteiger partial charge on any atom is -0.385 e. The van der Waals surface area contributed by atoms with Gasteiger partial charge in [-0.25, -0.2) is 4.39 Å². The van der Waals surface area contributed by atoms with Gasteiger partial charge >= 0.3 is 0 Å². The summed E-state index contributed by atoms with van der Waals surface area (Å²) in [5.74, 6) is -0.318. The summed E-state index contributed by atoms with van der Waals surface area (Å²) in [6.07, 6.45) is 7.56. The van der Waals surface area contributed by atoms with Gasteiger partial charge in [-0.2, -0.15) is 0 Å². The second-order valence-corrected chi connectivity index (χ2v) is 7.59. The van der Waals surface area contributed by atoms with Gasteiger partial charge in [-0.05, 0) is 48.4 Å². The number of pyridine rings is 1. The van der Waals surface area contributed by atoms with Gasteiger partial charge in [0.05, 0.1) is 0 Å². The Bertz CT molecular complexity index is 956. The highest BCUT2D eigenvalue weighted by Gasteiger charge is 2.12. The zero-order valence-electron chi connectivity index (χ0n) is 16.3. The molecule has 6 heteroatoms. The third-order valence-corrected chi connectivity index (χ3v) is 5.45. The number of benzene rings is 1. The van der Waals surface area contributed by atoms with Crippen molar-refractivity contribution in [3.63, 3.8) is 0 Å². The Hall–Kier alpha value is -2.83. The molecule has 150 valence electrons. The first kappa shape index (κ1) is 20.9. The lowest BCUT2D eigenvalue weighted by Crippen LogP contribution is -2.30. The Morgan fingerprint density at radius 1 is 1.17 bits per heavy atom. The fourth-order valence-corrected chi connectivity index (χ4v) is 3.82. The maximum Gasteiger partial charge on any atom is 0.246 e. The second kappa shape index (κ2) is 10.6. The Morgan fingerprint density at radius 2 is 1.97 bits per heavy atom. The number of thiophene rings is 1. The standard InChI is InChI=1S/C23H23FN2O2S/c1-28-16-4-15-26(17-18-11-13-25-14-12-18)23(27)10-8-19-7-9-22(29-19)20-5-2-3-6-21(20)24/h2-3,5-14H,4,15-17H2,1H3/b10-8+. The van der Waals surface area contributed by atoms with Crippen LogP contribution in [0.5, 0.6) is 0 Å². The van der Waals surface area contributed by atoms with Gasteiger partial charge in [0.25, 0.3) is 0 Å². The smallest absolute Gasteiger partial charge is 0.246 e. The van der Waals surface area contributed by atoms with Crippen LogP contribution in [0.3, 0.4) is 0 Å². The highest BCUT2D eigenvalue weighted by atomic mass is 32.1. The maximum atomic E-state index is 14.0. The predicted molar refractivity (Wildman–Crippen MR) is 115 cm³/mol. The molecular weight excluding hydrogens is 387 g/mol. The van der Waals surface area contributed by atoms with Crippen molar-refractivity contribution in [2.24, 2.45) is 0 Å². The van der Waals surface area contributed by atoms with E-state index >= 15 is 0 Å². The largest absolute Gasteiger partial charge is 0.385 e. The average molecular weight is 411 g/mol. The number of amides is 1. The normalized spacial score (nSPS) is 11.1. The van der Waals surface area contributed by atoms with E-state index in [0.717, 1.165) is 21.7 Å². The van der Waals surface area contributed by atoms with Crippen molar-refractivity contribution in [2.75, 3.05) is 20.3 Å². The van der Waals surface area contributed by atoms with Crippen molar-refractivity contribution in [1.29, 1.82) is 0 Å². The van der Waals surface area contributed by atoms with E-state index in [2.05, 4.69) is 4.98 Å². The molecule has 0 N–H and O–H groups in total. The fraction of sp³-hybridized carbons (Fsp3) is 0.217. The molecule has 29 heavy (non-hydrogen) atoms. The summed E-state index contributed by atoms with van der Waals surface area (Å²) in [6.45, 7) is 1.71. The van der Waals surface area contributed by atoms with Crippen LogP contribution in [0.15, 0.2) is 67.0 Å². The number of hydrogen-bond donors (Lipinski definition) is 0. The van der Waals surface area contributed by atoms with Gasteiger partial charge < -0.3 is 9.64 Å². The van der Waals surface area contributed by atoms with E-state index in [4.69, 9.17) is 4.74 Å². The van der Waals surface area contributed by atoms with Crippen LogP contribution in [-0.2, 0) is 16.1 Å². The van der Waals surface area contributed by atoms with E-state index in [9.17, 15) is 9.18 Å². The first-order chi connectivity index (χ1) is 14.2. The van der Waals surface area contributed by atoms with Crippen molar-refractivity contribution >= 4 is 23.3 Å². The van der Waals surface area contributed by atoms with Crippen LogP contribution in [0.4, 0.5) is 4.39 Å². The summed E-state index contributed by atoms with van der Waals surface area (Å²) in [7, 11) is 1.65. The van der Waals surface area contributed by atoms with Gasteiger partial charge in [-0.3, -0.25) is 9.78 Å². The number of methoxy groups -OCH3 is 1. The zero-order chi connectivity index (χ0) is 20.5. The highest BCUT2D eigenvalue weighted by Crippen LogP contribution is 2.30. The quantitative estimate of drug-likeness (QED) is 0.367. The maximum absolute atomic E-state index is 14.0. The van der Waals surface area contributed by atoms with E-state index in [1.165, 1.54) is 17.4 Å². The summed E-state index contributed by atoms with van der Waals surface area (Å²) in [4.78, 5) is 20.3. The molecule has 0 radical (unpaired) electrons. The molecule has 3 rings (SSSR count). The molecule has 2 aromatic heterocycles. The summed E-state index contributed by atoms with van der Waals surface area (Å²) in [5.41, 5.74) is 1.60. The number of nitrogens with zero attached hydrogens (tertiary/aromatic N) is 2. The molecule has 1 amide bonds. The minimum absolute atomic E-state index is 0.0706. The van der Waals surface area contributed by atoms with Crippen LogP contribution >= 0.6 is 11.3 Å². The predicted octanol–water partition coefficient (Wildman–Crippen LogP) is 5.03. The van der Waals surface area contributed by atoms with Crippen LogP contribution in [-0.4, -0.2) is 36.1 Å². The van der Waals surface area contributed by atoms with Crippen molar-refractivity contribution in [2.45, 2.75) is 13.0 Å². The van der Waals surface area contributed by atoms with E-state index in [1.807, 2.05) is 30.3 Å². The summed E-state index contributed by atoms with van der Waals surface area (Å²) in [5, 5.41) is 0. The SMILES string of the molecule is COCCCN(Cc1ccncc1)C(=O)/C=C/c1ccc(-c2ccccc2F)s1. The zero-order valence-corrected chi connectivity index (χ0v) is 17.1. The minimum atomic E-state index is -0.248. The lowest BCUT2D eigenvalue weighted by Gasteiger charge is -2.21. The van der Waals surface area contributed by atoms with Crippen LogP contribution < -0.4 is 0 Å². The van der Waals surface area contributed by atoms with Gasteiger partial charge in [0.1, 0.15) is 5.82 Å². The van der Waals surface area contributed by atoms with E-state index in [1.54, 1.807) is 48.7 Å². The van der Waals surface area contributed by atoms with Crippen molar-refractivity contribution < 1.29 is 13.9 Å². The molecule has 0 fully saturated rings. The Kier molecular flexibility index (Phi) is 7.67. The first-order valence-corrected chi connectivity index (χ1v) is 10.2. The lowest BCUT2D eigenvalue weighted by molar-refractivity contribution is -0.126. The summed E-state index contributed by atoms with van der Waals surface area (Å²) >= 11 is 1.45. The molecule has 0 aliphatic rings. The fourth-order valence-electron chi connectivity index (χ4n) is 2.88. The molecule has 0 unspecified atom stereocenters. The number of aromatic nitrogens is 1. The van der Waals surface area contributed by atoms with Crippen molar-refractivity contribution in [3.05, 3.63) is 83.3 Å². The van der Waals surface area contributed by atoms with Gasteiger partial charge in [0.2, 0.25) is 5.91 Å².